The Morgan fingerprint density at radius 1 is 1.45 bits per heavy atom. The molecule has 1 unspecified atom stereocenters. The van der Waals surface area contributed by atoms with Gasteiger partial charge in [0.1, 0.15) is 11.6 Å². The van der Waals surface area contributed by atoms with Gasteiger partial charge in [-0.1, -0.05) is 0 Å². The monoisotopic (exact) mass is 280 g/mol. The van der Waals surface area contributed by atoms with E-state index < -0.39 is 4.92 Å². The van der Waals surface area contributed by atoms with Gasteiger partial charge in [0.15, 0.2) is 0 Å². The zero-order chi connectivity index (χ0) is 14.4. The first-order valence-electron chi connectivity index (χ1n) is 6.91. The minimum absolute atomic E-state index is 0.0441. The van der Waals surface area contributed by atoms with E-state index in [1.807, 2.05) is 6.92 Å². The molecule has 7 nitrogen and oxygen atoms in total. The van der Waals surface area contributed by atoms with Crippen molar-refractivity contribution in [3.05, 3.63) is 22.2 Å². The Morgan fingerprint density at radius 3 is 2.80 bits per heavy atom. The van der Waals surface area contributed by atoms with Crippen LogP contribution < -0.4 is 10.6 Å². The smallest absolute Gasteiger partial charge is 0.276 e. The molecule has 1 aliphatic heterocycles. The topological polar surface area (TPSA) is 89.3 Å². The van der Waals surface area contributed by atoms with Crippen molar-refractivity contribution in [3.63, 3.8) is 0 Å². The van der Waals surface area contributed by atoms with Crippen molar-refractivity contribution in [1.29, 1.82) is 0 Å². The summed E-state index contributed by atoms with van der Waals surface area (Å²) in [7, 11) is 0. The quantitative estimate of drug-likeness (QED) is 0.588. The first-order valence-corrected chi connectivity index (χ1v) is 6.91. The van der Waals surface area contributed by atoms with Crippen molar-refractivity contribution in [2.75, 3.05) is 36.9 Å². The molecule has 1 atom stereocenters. The Balaban J connectivity index is 1.96. The van der Waals surface area contributed by atoms with Crippen molar-refractivity contribution in [2.45, 2.75) is 19.8 Å². The number of aromatic nitrogens is 1. The minimum Gasteiger partial charge on any atom is -0.381 e. The molecule has 2 rings (SSSR count). The van der Waals surface area contributed by atoms with Gasteiger partial charge in [-0.15, -0.1) is 0 Å². The number of ether oxygens (including phenoxy) is 1. The largest absolute Gasteiger partial charge is 0.381 e. The Kier molecular flexibility index (Phi) is 5.11. The van der Waals surface area contributed by atoms with E-state index in [0.29, 0.717) is 24.1 Å². The number of rotatable bonds is 7. The average Bonchev–Trinajstić information content (AvgIpc) is 2.92. The van der Waals surface area contributed by atoms with Crippen LogP contribution in [0.2, 0.25) is 0 Å². The van der Waals surface area contributed by atoms with Crippen LogP contribution in [0.4, 0.5) is 17.3 Å². The first-order chi connectivity index (χ1) is 9.69. The second kappa shape index (κ2) is 7.04. The van der Waals surface area contributed by atoms with E-state index in [9.17, 15) is 10.1 Å². The molecule has 1 aromatic rings. The van der Waals surface area contributed by atoms with Gasteiger partial charge < -0.3 is 15.4 Å². The molecule has 0 amide bonds. The van der Waals surface area contributed by atoms with Crippen LogP contribution in [0.5, 0.6) is 0 Å². The third kappa shape index (κ3) is 4.06. The fourth-order valence-electron chi connectivity index (χ4n) is 2.20. The summed E-state index contributed by atoms with van der Waals surface area (Å²) >= 11 is 0. The summed E-state index contributed by atoms with van der Waals surface area (Å²) in [6, 6.07) is 2.91. The van der Waals surface area contributed by atoms with Gasteiger partial charge in [-0.3, -0.25) is 10.1 Å². The second-order valence-corrected chi connectivity index (χ2v) is 4.83. The van der Waals surface area contributed by atoms with Gasteiger partial charge in [0.25, 0.3) is 5.69 Å². The van der Waals surface area contributed by atoms with Gasteiger partial charge in [0, 0.05) is 26.3 Å². The van der Waals surface area contributed by atoms with E-state index in [0.717, 1.165) is 32.6 Å². The maximum absolute atomic E-state index is 10.9. The number of hydrogen-bond donors (Lipinski definition) is 2. The molecule has 20 heavy (non-hydrogen) atoms. The zero-order valence-electron chi connectivity index (χ0n) is 11.6. The van der Waals surface area contributed by atoms with E-state index in [2.05, 4.69) is 15.6 Å². The lowest BCUT2D eigenvalue weighted by Gasteiger charge is -2.10. The van der Waals surface area contributed by atoms with Crippen LogP contribution in [0.1, 0.15) is 19.8 Å². The SMILES string of the molecule is CCNc1cc([N+](=O)[O-])cc(NCCC2CCOC2)n1. The molecular formula is C13H20N4O3. The van der Waals surface area contributed by atoms with Crippen LogP contribution in [-0.4, -0.2) is 36.2 Å². The molecule has 1 saturated heterocycles. The Hall–Kier alpha value is -1.89. The Bertz CT molecular complexity index is 461. The Labute approximate surface area is 117 Å². The summed E-state index contributed by atoms with van der Waals surface area (Å²) < 4.78 is 5.32. The molecule has 1 aliphatic rings. The highest BCUT2D eigenvalue weighted by Crippen LogP contribution is 2.21. The summed E-state index contributed by atoms with van der Waals surface area (Å²) in [6.45, 7) is 4.99. The highest BCUT2D eigenvalue weighted by Gasteiger charge is 2.15. The van der Waals surface area contributed by atoms with Crippen molar-refractivity contribution >= 4 is 17.3 Å². The predicted octanol–water partition coefficient (Wildman–Crippen LogP) is 2.26. The van der Waals surface area contributed by atoms with Crippen molar-refractivity contribution < 1.29 is 9.66 Å². The van der Waals surface area contributed by atoms with Crippen molar-refractivity contribution in [2.24, 2.45) is 5.92 Å². The summed E-state index contributed by atoms with van der Waals surface area (Å²) in [5, 5.41) is 17.1. The van der Waals surface area contributed by atoms with Gasteiger partial charge >= 0.3 is 0 Å². The molecule has 0 aromatic carbocycles. The highest BCUT2D eigenvalue weighted by molar-refractivity contribution is 5.54. The zero-order valence-corrected chi connectivity index (χ0v) is 11.6. The number of hydrogen-bond acceptors (Lipinski definition) is 6. The molecular weight excluding hydrogens is 260 g/mol. The van der Waals surface area contributed by atoms with E-state index in [1.165, 1.54) is 12.1 Å². The lowest BCUT2D eigenvalue weighted by Crippen LogP contribution is -2.11. The first kappa shape index (κ1) is 14.5. The molecule has 110 valence electrons. The molecule has 2 heterocycles. The molecule has 1 fully saturated rings. The molecule has 1 aromatic heterocycles. The standard InChI is InChI=1S/C13H20N4O3/c1-2-14-12-7-11(17(18)19)8-13(16-12)15-5-3-10-4-6-20-9-10/h7-8,10H,2-6,9H2,1H3,(H2,14,15,16). The normalized spacial score (nSPS) is 17.9. The second-order valence-electron chi connectivity index (χ2n) is 4.83. The van der Waals surface area contributed by atoms with Crippen LogP contribution in [0.15, 0.2) is 12.1 Å². The van der Waals surface area contributed by atoms with E-state index in [4.69, 9.17) is 4.74 Å². The van der Waals surface area contributed by atoms with Gasteiger partial charge in [-0.2, -0.15) is 0 Å². The molecule has 0 radical (unpaired) electrons. The molecule has 0 aliphatic carbocycles. The van der Waals surface area contributed by atoms with Crippen LogP contribution in [0, 0.1) is 16.0 Å². The summed E-state index contributed by atoms with van der Waals surface area (Å²) in [6.07, 6.45) is 2.08. The fourth-order valence-corrected chi connectivity index (χ4v) is 2.20. The van der Waals surface area contributed by atoms with Crippen molar-refractivity contribution in [1.82, 2.24) is 4.98 Å². The lowest BCUT2D eigenvalue weighted by atomic mass is 10.1. The average molecular weight is 280 g/mol. The van der Waals surface area contributed by atoms with Gasteiger partial charge in [-0.05, 0) is 25.7 Å². The van der Waals surface area contributed by atoms with Crippen molar-refractivity contribution in [3.8, 4) is 0 Å². The maximum atomic E-state index is 10.9. The van der Waals surface area contributed by atoms with Crippen LogP contribution in [0.25, 0.3) is 0 Å². The van der Waals surface area contributed by atoms with Crippen LogP contribution >= 0.6 is 0 Å². The third-order valence-corrected chi connectivity index (χ3v) is 3.26. The number of nitrogens with one attached hydrogen (secondary N) is 2. The number of nitro groups is 1. The van der Waals surface area contributed by atoms with E-state index in [-0.39, 0.29) is 5.69 Å². The summed E-state index contributed by atoms with van der Waals surface area (Å²) in [4.78, 5) is 14.8. The molecule has 2 N–H and O–H groups in total. The number of anilines is 2. The van der Waals surface area contributed by atoms with Gasteiger partial charge in [-0.25, -0.2) is 4.98 Å². The molecule has 7 heteroatoms. The minimum atomic E-state index is -0.404. The van der Waals surface area contributed by atoms with E-state index >= 15 is 0 Å². The number of pyridine rings is 1. The van der Waals surface area contributed by atoms with Gasteiger partial charge in [0.05, 0.1) is 17.1 Å². The summed E-state index contributed by atoms with van der Waals surface area (Å²) in [5.74, 6) is 1.64. The van der Waals surface area contributed by atoms with Crippen LogP contribution in [0.3, 0.4) is 0 Å². The molecule has 0 saturated carbocycles. The van der Waals surface area contributed by atoms with E-state index in [1.54, 1.807) is 0 Å². The summed E-state index contributed by atoms with van der Waals surface area (Å²) in [5.41, 5.74) is 0.0441. The third-order valence-electron chi connectivity index (χ3n) is 3.26. The predicted molar refractivity (Wildman–Crippen MR) is 77.1 cm³/mol. The number of nitrogens with zero attached hydrogens (tertiary/aromatic N) is 2. The van der Waals surface area contributed by atoms with Gasteiger partial charge in [0.2, 0.25) is 0 Å². The maximum Gasteiger partial charge on any atom is 0.276 e. The van der Waals surface area contributed by atoms with Crippen LogP contribution in [-0.2, 0) is 4.74 Å². The fraction of sp³-hybridized carbons (Fsp3) is 0.615. The lowest BCUT2D eigenvalue weighted by molar-refractivity contribution is -0.384. The Morgan fingerprint density at radius 2 is 2.20 bits per heavy atom. The highest BCUT2D eigenvalue weighted by atomic mass is 16.6. The molecule has 0 spiro atoms. The molecule has 0 bridgehead atoms.